The molecule has 4 aromatic carbocycles. The minimum atomic E-state index is 0. The average Bonchev–Trinajstić information content (AvgIpc) is 3.95. The molecule has 4 radical (unpaired) electrons. The van der Waals surface area contributed by atoms with E-state index in [-0.39, 0.29) is 24.3 Å². The number of benzene rings is 4. The van der Waals surface area contributed by atoms with Gasteiger partial charge in [0, 0.05) is 24.8 Å². The van der Waals surface area contributed by atoms with Gasteiger partial charge in [0.05, 0.1) is 22.7 Å². The molecule has 2 heterocycles. The van der Waals surface area contributed by atoms with Gasteiger partial charge in [-0.15, -0.1) is 0 Å². The van der Waals surface area contributed by atoms with E-state index in [1.54, 1.807) is 0 Å². The second kappa shape index (κ2) is 30.3. The van der Waals surface area contributed by atoms with Gasteiger partial charge in [0.1, 0.15) is 0 Å². The molecule has 0 saturated heterocycles. The normalized spacial score (nSPS) is 12.8. The molecular formula is C56H78Au2F4N4-4. The van der Waals surface area contributed by atoms with Crippen LogP contribution >= 0.6 is 0 Å². The van der Waals surface area contributed by atoms with Crippen molar-refractivity contribution in [3.8, 4) is 0 Å². The molecule has 6 rings (SSSR count). The van der Waals surface area contributed by atoms with Gasteiger partial charge in [-0.05, 0) is 91.9 Å². The molecule has 0 amide bonds. The van der Waals surface area contributed by atoms with Crippen LogP contribution in [0.15, 0.2) is 97.6 Å². The number of hydrogen-bond donors (Lipinski definition) is 0. The van der Waals surface area contributed by atoms with E-state index in [1.807, 2.05) is 0 Å². The summed E-state index contributed by atoms with van der Waals surface area (Å²) in [5.74, 6) is 3.68. The first kappa shape index (κ1) is 64.8. The van der Waals surface area contributed by atoms with E-state index in [0.29, 0.717) is 47.3 Å². The fourth-order valence-corrected chi connectivity index (χ4v) is 8.29. The third kappa shape index (κ3) is 15.4. The number of nitrogens with zero attached hydrogens (tertiary/aromatic N) is 4. The maximum absolute atomic E-state index is 9.44. The number of rotatable bonds is 12. The van der Waals surface area contributed by atoms with E-state index in [0.717, 1.165) is 43.2 Å². The first-order valence-electron chi connectivity index (χ1n) is 22.2. The molecule has 66 heavy (non-hydrogen) atoms. The number of halogens is 4. The number of anilines is 4. The second-order valence-corrected chi connectivity index (χ2v) is 18.7. The Bertz CT molecular complexity index is 1680. The molecule has 0 unspecified atom stereocenters. The molecule has 4 aromatic rings. The van der Waals surface area contributed by atoms with E-state index in [1.165, 1.54) is 67.3 Å². The van der Waals surface area contributed by atoms with Crippen molar-refractivity contribution >= 4 is 22.7 Å². The van der Waals surface area contributed by atoms with Crippen molar-refractivity contribution in [3.05, 3.63) is 170 Å². The Labute approximate surface area is 426 Å². The van der Waals surface area contributed by atoms with Gasteiger partial charge in [0.2, 0.25) is 13.3 Å². The predicted octanol–water partition coefficient (Wildman–Crippen LogP) is 11.7. The van der Waals surface area contributed by atoms with Crippen LogP contribution in [0, 0.1) is 28.2 Å². The van der Waals surface area contributed by atoms with Gasteiger partial charge < -0.3 is 43.9 Å². The van der Waals surface area contributed by atoms with Crippen molar-refractivity contribution in [1.82, 2.24) is 0 Å². The van der Waals surface area contributed by atoms with Crippen LogP contribution in [0.5, 0.6) is 0 Å². The zero-order chi connectivity index (χ0) is 46.6. The van der Waals surface area contributed by atoms with Crippen LogP contribution in [0.4, 0.5) is 28.8 Å². The zero-order valence-electron chi connectivity index (χ0n) is 42.8. The molecule has 10 heteroatoms. The summed E-state index contributed by atoms with van der Waals surface area (Å²) >= 11 is 1.56. The van der Waals surface area contributed by atoms with Crippen molar-refractivity contribution in [2.75, 3.05) is 19.6 Å². The van der Waals surface area contributed by atoms with Crippen LogP contribution in [0.3, 0.4) is 0 Å². The fourth-order valence-electron chi connectivity index (χ4n) is 8.29. The van der Waals surface area contributed by atoms with Gasteiger partial charge in [-0.1, -0.05) is 184 Å². The SMILES string of the molecule is CC(C)c1cccc(C(C)C)c1N1[C]N(c2c(C(C)C)cccc2C(C)C)C=C1.CC(C)c1cccc(C(C)C)c1N1[C]N(c2c(C(C)C)cccc2C(C)C)C=C1.[CH3-].[CH3-].[F-].[F-].[F][Au].[F][Au]. The Balaban J connectivity index is 0. The molecule has 0 spiro atoms. The van der Waals surface area contributed by atoms with Gasteiger partial charge >= 0.3 is 49.3 Å². The Morgan fingerprint density at radius 2 is 0.424 bits per heavy atom. The molecule has 0 aromatic heterocycles. The molecule has 376 valence electrons. The molecule has 0 aliphatic carbocycles. The Hall–Kier alpha value is -3.24. The molecule has 0 atom stereocenters. The van der Waals surface area contributed by atoms with Crippen LogP contribution < -0.4 is 29.0 Å². The predicted molar refractivity (Wildman–Crippen MR) is 268 cm³/mol. The quantitative estimate of drug-likeness (QED) is 0.0796. The summed E-state index contributed by atoms with van der Waals surface area (Å²) in [6.45, 7) is 43.6. The minimum absolute atomic E-state index is 0. The average molecular weight is 1280 g/mol. The molecule has 4 nitrogen and oxygen atoms in total. The second-order valence-electron chi connectivity index (χ2n) is 18.7. The van der Waals surface area contributed by atoms with Crippen LogP contribution in [-0.4, -0.2) is 0 Å². The summed E-state index contributed by atoms with van der Waals surface area (Å²) in [6.07, 6.45) is 8.64. The van der Waals surface area contributed by atoms with Gasteiger partial charge in [0.15, 0.2) is 0 Å². The van der Waals surface area contributed by atoms with Crippen LogP contribution in [0.1, 0.15) is 203 Å². The van der Waals surface area contributed by atoms with Crippen molar-refractivity contribution in [2.45, 2.75) is 158 Å². The molecule has 0 bridgehead atoms. The molecular weight excluding hydrogens is 1200 g/mol. The summed E-state index contributed by atoms with van der Waals surface area (Å²) < 4.78 is 18.9. The van der Waals surface area contributed by atoms with Crippen molar-refractivity contribution < 1.29 is 58.7 Å². The maximum atomic E-state index is 9.44. The van der Waals surface area contributed by atoms with Crippen LogP contribution in [0.2, 0.25) is 0 Å². The van der Waals surface area contributed by atoms with E-state index < -0.39 is 0 Å². The summed E-state index contributed by atoms with van der Waals surface area (Å²) in [4.78, 5) is 8.80. The topological polar surface area (TPSA) is 13.0 Å². The molecule has 2 aliphatic rings. The van der Waals surface area contributed by atoms with Crippen LogP contribution in [-0.2, 0) is 43.2 Å². The number of para-hydroxylation sites is 4. The third-order valence-corrected chi connectivity index (χ3v) is 11.5. The third-order valence-electron chi connectivity index (χ3n) is 11.5. The van der Waals surface area contributed by atoms with Gasteiger partial charge in [-0.3, -0.25) is 0 Å². The first-order valence-corrected chi connectivity index (χ1v) is 23.9. The molecule has 0 N–H and O–H groups in total. The van der Waals surface area contributed by atoms with Gasteiger partial charge in [-0.2, -0.15) is 0 Å². The molecule has 0 fully saturated rings. The Morgan fingerprint density at radius 3 is 0.530 bits per heavy atom. The van der Waals surface area contributed by atoms with E-state index in [2.05, 4.69) is 241 Å². The zero-order valence-corrected chi connectivity index (χ0v) is 47.1. The summed E-state index contributed by atoms with van der Waals surface area (Å²) in [5.41, 5.74) is 16.1. The summed E-state index contributed by atoms with van der Waals surface area (Å²) in [7, 11) is 0. The van der Waals surface area contributed by atoms with E-state index in [4.69, 9.17) is 0 Å². The van der Waals surface area contributed by atoms with Crippen molar-refractivity contribution in [1.29, 1.82) is 0 Å². The first-order chi connectivity index (χ1) is 29.4. The summed E-state index contributed by atoms with van der Waals surface area (Å²) in [5, 5.41) is 0. The monoisotopic (exact) mass is 1280 g/mol. The van der Waals surface area contributed by atoms with Crippen molar-refractivity contribution in [2.24, 2.45) is 0 Å². The van der Waals surface area contributed by atoms with Gasteiger partial charge in [0.25, 0.3) is 0 Å². The fraction of sp³-hybridized carbons (Fsp3) is 0.429. The van der Waals surface area contributed by atoms with Gasteiger partial charge in [-0.25, -0.2) is 0 Å². The van der Waals surface area contributed by atoms with Crippen LogP contribution in [0.25, 0.3) is 0 Å². The molecule has 2 aliphatic heterocycles. The standard InChI is InChI=1S/2C27H36N2.2CH3.2Au.4FH/c2*1-18(2)22-11-9-12-23(19(3)4)26(22)28-15-16-29(17-28)27-24(20(5)6)13-10-14-25(27)21(7)8;;;;;;;;/h2*9-16,18-21H,1-8H3;2*1H3;;;4*1H/q;;2*-1;2*+1;;;;/p-4. The Morgan fingerprint density at radius 1 is 0.303 bits per heavy atom. The molecule has 0 saturated carbocycles. The summed E-state index contributed by atoms with van der Waals surface area (Å²) in [6, 6.07) is 26.8. The van der Waals surface area contributed by atoms with E-state index in [9.17, 15) is 6.05 Å². The number of hydrogen-bond acceptors (Lipinski definition) is 4. The van der Waals surface area contributed by atoms with E-state index >= 15 is 0 Å². The van der Waals surface area contributed by atoms with Crippen molar-refractivity contribution in [3.63, 3.8) is 0 Å². The Kier molecular flexibility index (Phi) is 29.8.